The van der Waals surface area contributed by atoms with E-state index in [9.17, 15) is 0 Å². The molecular formula is C16H27NO. The van der Waals surface area contributed by atoms with Crippen LogP contribution >= 0.6 is 0 Å². The molecule has 0 aliphatic rings. The van der Waals surface area contributed by atoms with Crippen molar-refractivity contribution in [3.63, 3.8) is 0 Å². The lowest BCUT2D eigenvalue weighted by Crippen LogP contribution is -2.25. The quantitative estimate of drug-likeness (QED) is 0.621. The first kappa shape index (κ1) is 15.2. The molecule has 0 aliphatic carbocycles. The molecule has 0 saturated carbocycles. The Morgan fingerprint density at radius 2 is 1.78 bits per heavy atom. The molecule has 0 fully saturated rings. The van der Waals surface area contributed by atoms with Gasteiger partial charge in [0.05, 0.1) is 6.61 Å². The third-order valence-electron chi connectivity index (χ3n) is 3.39. The number of hydrogen-bond donors (Lipinski definition) is 0. The Morgan fingerprint density at radius 1 is 1.11 bits per heavy atom. The third kappa shape index (κ3) is 5.65. The molecule has 0 aliphatic heterocycles. The molecule has 0 amide bonds. The van der Waals surface area contributed by atoms with E-state index in [0.717, 1.165) is 39.3 Å². The number of benzene rings is 1. The normalized spacial score (nSPS) is 12.9. The summed E-state index contributed by atoms with van der Waals surface area (Å²) in [5, 5.41) is 0. The summed E-state index contributed by atoms with van der Waals surface area (Å²) < 4.78 is 5.76. The molecule has 0 N–H and O–H groups in total. The van der Waals surface area contributed by atoms with Gasteiger partial charge in [0.15, 0.2) is 0 Å². The minimum Gasteiger partial charge on any atom is -0.381 e. The van der Waals surface area contributed by atoms with Crippen molar-refractivity contribution in [1.29, 1.82) is 0 Å². The lowest BCUT2D eigenvalue weighted by molar-refractivity contribution is 0.112. The summed E-state index contributed by atoms with van der Waals surface area (Å²) in [5.41, 5.74) is 1.36. The highest BCUT2D eigenvalue weighted by Gasteiger charge is 2.04. The first-order valence-electron chi connectivity index (χ1n) is 7.13. The van der Waals surface area contributed by atoms with Gasteiger partial charge in [-0.25, -0.2) is 0 Å². The number of ether oxygens (including phenoxy) is 1. The van der Waals surface area contributed by atoms with Crippen molar-refractivity contribution in [1.82, 2.24) is 4.90 Å². The zero-order chi connectivity index (χ0) is 13.2. The molecular weight excluding hydrogens is 222 g/mol. The molecule has 2 nitrogen and oxygen atoms in total. The number of nitrogens with zero attached hydrogens (tertiary/aromatic N) is 1. The van der Waals surface area contributed by atoms with E-state index in [-0.39, 0.29) is 0 Å². The molecule has 0 aromatic heterocycles. The maximum absolute atomic E-state index is 5.76. The summed E-state index contributed by atoms with van der Waals surface area (Å²) in [4.78, 5) is 2.43. The van der Waals surface area contributed by atoms with Gasteiger partial charge in [-0.3, -0.25) is 0 Å². The van der Waals surface area contributed by atoms with Crippen LogP contribution in [0, 0.1) is 0 Å². The molecule has 1 unspecified atom stereocenters. The van der Waals surface area contributed by atoms with Crippen LogP contribution in [-0.2, 0) is 4.74 Å². The van der Waals surface area contributed by atoms with Crippen molar-refractivity contribution >= 4 is 0 Å². The summed E-state index contributed by atoms with van der Waals surface area (Å²) in [6.45, 7) is 11.7. The second-order valence-electron chi connectivity index (χ2n) is 4.77. The van der Waals surface area contributed by atoms with Gasteiger partial charge in [-0.15, -0.1) is 0 Å². The minimum atomic E-state index is 0.486. The summed E-state index contributed by atoms with van der Waals surface area (Å²) in [6, 6.07) is 10.6. The molecule has 1 aromatic carbocycles. The molecule has 0 radical (unpaired) electrons. The Kier molecular flexibility index (Phi) is 7.70. The van der Waals surface area contributed by atoms with Gasteiger partial charge in [0, 0.05) is 19.1 Å². The molecule has 0 bridgehead atoms. The highest BCUT2D eigenvalue weighted by atomic mass is 16.5. The molecule has 0 saturated heterocycles. The zero-order valence-electron chi connectivity index (χ0n) is 12.1. The van der Waals surface area contributed by atoms with E-state index in [1.165, 1.54) is 5.56 Å². The van der Waals surface area contributed by atoms with E-state index in [1.807, 2.05) is 0 Å². The lowest BCUT2D eigenvalue weighted by Gasteiger charge is -2.18. The first-order valence-corrected chi connectivity index (χ1v) is 7.13. The van der Waals surface area contributed by atoms with Gasteiger partial charge in [-0.2, -0.15) is 0 Å². The van der Waals surface area contributed by atoms with E-state index >= 15 is 0 Å². The summed E-state index contributed by atoms with van der Waals surface area (Å²) in [5.74, 6) is 0.486. The molecule has 0 spiro atoms. The van der Waals surface area contributed by atoms with Crippen LogP contribution in [0.4, 0.5) is 0 Å². The molecule has 1 rings (SSSR count). The van der Waals surface area contributed by atoms with Gasteiger partial charge in [0.2, 0.25) is 0 Å². The lowest BCUT2D eigenvalue weighted by atomic mass is 10.0. The molecule has 2 heteroatoms. The van der Waals surface area contributed by atoms with E-state index in [0.29, 0.717) is 5.92 Å². The SMILES string of the molecule is CCN(CC)CCCOCC(C)c1ccccc1. The predicted octanol–water partition coefficient (Wildman–Crippen LogP) is 3.54. The topological polar surface area (TPSA) is 12.5 Å². The zero-order valence-corrected chi connectivity index (χ0v) is 12.1. The fourth-order valence-corrected chi connectivity index (χ4v) is 2.07. The van der Waals surface area contributed by atoms with Crippen LogP contribution in [-0.4, -0.2) is 37.7 Å². The first-order chi connectivity index (χ1) is 8.77. The smallest absolute Gasteiger partial charge is 0.0532 e. The van der Waals surface area contributed by atoms with Crippen LogP contribution < -0.4 is 0 Å². The van der Waals surface area contributed by atoms with E-state index in [2.05, 4.69) is 56.0 Å². The van der Waals surface area contributed by atoms with Crippen LogP contribution in [0.2, 0.25) is 0 Å². The van der Waals surface area contributed by atoms with Crippen LogP contribution in [0.1, 0.15) is 38.7 Å². The Bertz CT molecular complexity index is 295. The van der Waals surface area contributed by atoms with Crippen LogP contribution in [0.5, 0.6) is 0 Å². The van der Waals surface area contributed by atoms with Gasteiger partial charge >= 0.3 is 0 Å². The number of rotatable bonds is 9. The maximum Gasteiger partial charge on any atom is 0.0532 e. The van der Waals surface area contributed by atoms with Gasteiger partial charge in [-0.1, -0.05) is 51.1 Å². The van der Waals surface area contributed by atoms with Crippen molar-refractivity contribution in [3.05, 3.63) is 35.9 Å². The molecule has 102 valence electrons. The van der Waals surface area contributed by atoms with Crippen molar-refractivity contribution in [2.24, 2.45) is 0 Å². The molecule has 0 heterocycles. The average molecular weight is 249 g/mol. The number of hydrogen-bond acceptors (Lipinski definition) is 2. The molecule has 18 heavy (non-hydrogen) atoms. The van der Waals surface area contributed by atoms with Crippen molar-refractivity contribution in [2.45, 2.75) is 33.1 Å². The average Bonchev–Trinajstić information content (AvgIpc) is 2.43. The van der Waals surface area contributed by atoms with E-state index in [1.54, 1.807) is 0 Å². The Morgan fingerprint density at radius 3 is 2.39 bits per heavy atom. The maximum atomic E-state index is 5.76. The van der Waals surface area contributed by atoms with Crippen molar-refractivity contribution < 1.29 is 4.74 Å². The van der Waals surface area contributed by atoms with Gasteiger partial charge in [0.1, 0.15) is 0 Å². The molecule has 1 atom stereocenters. The second-order valence-corrected chi connectivity index (χ2v) is 4.77. The largest absolute Gasteiger partial charge is 0.381 e. The second kappa shape index (κ2) is 9.12. The van der Waals surface area contributed by atoms with Gasteiger partial charge < -0.3 is 9.64 Å². The molecule has 1 aromatic rings. The van der Waals surface area contributed by atoms with Gasteiger partial charge in [0.25, 0.3) is 0 Å². The van der Waals surface area contributed by atoms with Crippen molar-refractivity contribution in [3.8, 4) is 0 Å². The Balaban J connectivity index is 2.11. The minimum absolute atomic E-state index is 0.486. The summed E-state index contributed by atoms with van der Waals surface area (Å²) >= 11 is 0. The highest BCUT2D eigenvalue weighted by molar-refractivity contribution is 5.18. The van der Waals surface area contributed by atoms with E-state index in [4.69, 9.17) is 4.74 Å². The van der Waals surface area contributed by atoms with E-state index < -0.39 is 0 Å². The standard InChI is InChI=1S/C16H27NO/c1-4-17(5-2)12-9-13-18-14-15(3)16-10-7-6-8-11-16/h6-8,10-11,15H,4-5,9,12-14H2,1-3H3. The highest BCUT2D eigenvalue weighted by Crippen LogP contribution is 2.14. The fraction of sp³-hybridized carbons (Fsp3) is 0.625. The fourth-order valence-electron chi connectivity index (χ4n) is 2.07. The third-order valence-corrected chi connectivity index (χ3v) is 3.39. The Hall–Kier alpha value is -0.860. The monoisotopic (exact) mass is 249 g/mol. The van der Waals surface area contributed by atoms with Crippen LogP contribution in [0.3, 0.4) is 0 Å². The van der Waals surface area contributed by atoms with Crippen LogP contribution in [0.25, 0.3) is 0 Å². The van der Waals surface area contributed by atoms with Crippen LogP contribution in [0.15, 0.2) is 30.3 Å². The summed E-state index contributed by atoms with van der Waals surface area (Å²) in [7, 11) is 0. The summed E-state index contributed by atoms with van der Waals surface area (Å²) in [6.07, 6.45) is 1.13. The van der Waals surface area contributed by atoms with Crippen molar-refractivity contribution in [2.75, 3.05) is 32.8 Å². The van der Waals surface area contributed by atoms with Gasteiger partial charge in [-0.05, 0) is 25.1 Å². The Labute approximate surface area is 112 Å². The predicted molar refractivity (Wildman–Crippen MR) is 78.1 cm³/mol.